The van der Waals surface area contributed by atoms with Gasteiger partial charge in [0, 0.05) is 5.54 Å². The van der Waals surface area contributed by atoms with Crippen molar-refractivity contribution in [1.82, 2.24) is 9.97 Å². The maximum Gasteiger partial charge on any atom is 0.144 e. The highest BCUT2D eigenvalue weighted by Crippen LogP contribution is 2.28. The van der Waals surface area contributed by atoms with Crippen LogP contribution >= 0.6 is 12.2 Å². The van der Waals surface area contributed by atoms with Crippen molar-refractivity contribution in [3.8, 4) is 0 Å². The standard InChI is InChI=1S/C13H22N4S/c1-12(2,3)8-13(4,5)17-10-7-15-9(6-16-10)11(14)18/h6-7H,8H2,1-5H3,(H2,14,18)(H,16,17). The Kier molecular flexibility index (Phi) is 4.27. The summed E-state index contributed by atoms with van der Waals surface area (Å²) in [5.74, 6) is 0.740. The van der Waals surface area contributed by atoms with Gasteiger partial charge in [0.2, 0.25) is 0 Å². The largest absolute Gasteiger partial charge is 0.388 e. The van der Waals surface area contributed by atoms with E-state index in [-0.39, 0.29) is 15.9 Å². The van der Waals surface area contributed by atoms with Crippen LogP contribution in [0.2, 0.25) is 0 Å². The molecule has 0 radical (unpaired) electrons. The molecule has 100 valence electrons. The first-order valence-corrected chi connectivity index (χ1v) is 6.40. The molecular formula is C13H22N4S. The molecule has 1 aromatic heterocycles. The first-order valence-electron chi connectivity index (χ1n) is 5.99. The summed E-state index contributed by atoms with van der Waals surface area (Å²) >= 11 is 4.84. The van der Waals surface area contributed by atoms with Gasteiger partial charge in [-0.25, -0.2) is 9.97 Å². The highest BCUT2D eigenvalue weighted by atomic mass is 32.1. The number of nitrogens with two attached hydrogens (primary N) is 1. The maximum absolute atomic E-state index is 5.48. The predicted octanol–water partition coefficient (Wildman–Crippen LogP) is 2.74. The maximum atomic E-state index is 5.48. The van der Waals surface area contributed by atoms with E-state index in [9.17, 15) is 0 Å². The first kappa shape index (κ1) is 14.8. The number of thiocarbonyl (C=S) groups is 1. The molecule has 1 aromatic rings. The molecule has 0 aliphatic heterocycles. The van der Waals surface area contributed by atoms with E-state index in [0.717, 1.165) is 12.2 Å². The lowest BCUT2D eigenvalue weighted by Gasteiger charge is -2.33. The third kappa shape index (κ3) is 4.96. The Bertz CT molecular complexity index is 418. The molecule has 3 N–H and O–H groups in total. The van der Waals surface area contributed by atoms with E-state index < -0.39 is 0 Å². The average molecular weight is 266 g/mol. The van der Waals surface area contributed by atoms with E-state index >= 15 is 0 Å². The van der Waals surface area contributed by atoms with E-state index in [0.29, 0.717) is 5.69 Å². The SMILES string of the molecule is CC(C)(C)CC(C)(C)Nc1cnc(C(N)=S)cn1. The number of anilines is 1. The number of nitrogens with one attached hydrogen (secondary N) is 1. The Morgan fingerprint density at radius 3 is 2.22 bits per heavy atom. The van der Waals surface area contributed by atoms with E-state index in [1.165, 1.54) is 0 Å². The summed E-state index contributed by atoms with van der Waals surface area (Å²) in [6.45, 7) is 11.0. The second kappa shape index (κ2) is 5.18. The molecule has 0 atom stereocenters. The highest BCUT2D eigenvalue weighted by Gasteiger charge is 2.25. The summed E-state index contributed by atoms with van der Waals surface area (Å²) in [7, 11) is 0. The molecule has 18 heavy (non-hydrogen) atoms. The average Bonchev–Trinajstić information content (AvgIpc) is 2.13. The van der Waals surface area contributed by atoms with Crippen LogP contribution in [0.15, 0.2) is 12.4 Å². The van der Waals surface area contributed by atoms with Gasteiger partial charge < -0.3 is 11.1 Å². The number of hydrogen-bond acceptors (Lipinski definition) is 4. The molecular weight excluding hydrogens is 244 g/mol. The molecule has 0 aliphatic rings. The minimum atomic E-state index is -0.0440. The highest BCUT2D eigenvalue weighted by molar-refractivity contribution is 7.80. The van der Waals surface area contributed by atoms with Crippen molar-refractivity contribution >= 4 is 23.0 Å². The van der Waals surface area contributed by atoms with Crippen LogP contribution in [0.1, 0.15) is 46.7 Å². The minimum Gasteiger partial charge on any atom is -0.388 e. The Hall–Kier alpha value is -1.23. The zero-order chi connectivity index (χ0) is 14.0. The predicted molar refractivity (Wildman–Crippen MR) is 79.7 cm³/mol. The van der Waals surface area contributed by atoms with Gasteiger partial charge >= 0.3 is 0 Å². The number of nitrogens with zero attached hydrogens (tertiary/aromatic N) is 2. The van der Waals surface area contributed by atoms with Crippen molar-refractivity contribution in [1.29, 1.82) is 0 Å². The Morgan fingerprint density at radius 1 is 1.22 bits per heavy atom. The van der Waals surface area contributed by atoms with Gasteiger partial charge in [0.05, 0.1) is 12.4 Å². The van der Waals surface area contributed by atoms with Crippen LogP contribution in [0, 0.1) is 5.41 Å². The topological polar surface area (TPSA) is 63.8 Å². The zero-order valence-corrected chi connectivity index (χ0v) is 12.6. The molecule has 0 spiro atoms. The molecule has 0 aliphatic carbocycles. The van der Waals surface area contributed by atoms with Crippen LogP contribution in [-0.4, -0.2) is 20.5 Å². The van der Waals surface area contributed by atoms with Gasteiger partial charge in [0.15, 0.2) is 0 Å². The Labute approximate surface area is 114 Å². The Balaban J connectivity index is 2.75. The van der Waals surface area contributed by atoms with Gasteiger partial charge in [-0.1, -0.05) is 33.0 Å². The number of hydrogen-bond donors (Lipinski definition) is 2. The smallest absolute Gasteiger partial charge is 0.144 e. The summed E-state index contributed by atoms with van der Waals surface area (Å²) in [5, 5.41) is 3.38. The van der Waals surface area contributed by atoms with Crippen molar-refractivity contribution in [2.75, 3.05) is 5.32 Å². The minimum absolute atomic E-state index is 0.0440. The molecule has 0 fully saturated rings. The molecule has 5 heteroatoms. The molecule has 0 amide bonds. The van der Waals surface area contributed by atoms with Gasteiger partial charge in [0.25, 0.3) is 0 Å². The van der Waals surface area contributed by atoms with Gasteiger partial charge in [-0.05, 0) is 25.7 Å². The lowest BCUT2D eigenvalue weighted by molar-refractivity contribution is 0.302. The molecule has 4 nitrogen and oxygen atoms in total. The lowest BCUT2D eigenvalue weighted by Crippen LogP contribution is -2.35. The molecule has 0 aromatic carbocycles. The van der Waals surface area contributed by atoms with Crippen LogP contribution in [0.4, 0.5) is 5.82 Å². The molecule has 0 unspecified atom stereocenters. The fourth-order valence-electron chi connectivity index (χ4n) is 2.24. The molecule has 1 rings (SSSR count). The van der Waals surface area contributed by atoms with Crippen LogP contribution < -0.4 is 11.1 Å². The van der Waals surface area contributed by atoms with Crippen molar-refractivity contribution in [2.45, 2.75) is 46.6 Å². The van der Waals surface area contributed by atoms with E-state index in [4.69, 9.17) is 18.0 Å². The molecule has 0 bridgehead atoms. The summed E-state index contributed by atoms with van der Waals surface area (Å²) in [5.41, 5.74) is 6.24. The van der Waals surface area contributed by atoms with E-state index in [2.05, 4.69) is 49.9 Å². The first-order chi connectivity index (χ1) is 8.09. The van der Waals surface area contributed by atoms with E-state index in [1.807, 2.05) is 0 Å². The number of aromatic nitrogens is 2. The van der Waals surface area contributed by atoms with Gasteiger partial charge in [-0.15, -0.1) is 0 Å². The van der Waals surface area contributed by atoms with Gasteiger partial charge in [-0.2, -0.15) is 0 Å². The van der Waals surface area contributed by atoms with Crippen molar-refractivity contribution in [3.63, 3.8) is 0 Å². The van der Waals surface area contributed by atoms with Gasteiger partial charge in [0.1, 0.15) is 16.5 Å². The van der Waals surface area contributed by atoms with Crippen LogP contribution in [-0.2, 0) is 0 Å². The van der Waals surface area contributed by atoms with Crippen LogP contribution in [0.3, 0.4) is 0 Å². The summed E-state index contributed by atoms with van der Waals surface area (Å²) < 4.78 is 0. The van der Waals surface area contributed by atoms with Crippen molar-refractivity contribution in [3.05, 3.63) is 18.1 Å². The quantitative estimate of drug-likeness (QED) is 0.820. The second-order valence-electron chi connectivity index (χ2n) is 6.40. The third-order valence-corrected chi connectivity index (χ3v) is 2.55. The van der Waals surface area contributed by atoms with Crippen LogP contribution in [0.5, 0.6) is 0 Å². The summed E-state index contributed by atoms with van der Waals surface area (Å²) in [4.78, 5) is 8.71. The third-order valence-electron chi connectivity index (χ3n) is 2.34. The van der Waals surface area contributed by atoms with Crippen molar-refractivity contribution < 1.29 is 0 Å². The fourth-order valence-corrected chi connectivity index (χ4v) is 2.34. The van der Waals surface area contributed by atoms with E-state index in [1.54, 1.807) is 12.4 Å². The second-order valence-corrected chi connectivity index (χ2v) is 6.84. The van der Waals surface area contributed by atoms with Crippen LogP contribution in [0.25, 0.3) is 0 Å². The fraction of sp³-hybridized carbons (Fsp3) is 0.615. The zero-order valence-electron chi connectivity index (χ0n) is 11.7. The summed E-state index contributed by atoms with van der Waals surface area (Å²) in [6.07, 6.45) is 4.29. The monoisotopic (exact) mass is 266 g/mol. The Morgan fingerprint density at radius 2 is 1.83 bits per heavy atom. The molecule has 0 saturated carbocycles. The lowest BCUT2D eigenvalue weighted by atomic mass is 9.82. The number of rotatable bonds is 4. The summed E-state index contributed by atoms with van der Waals surface area (Å²) in [6, 6.07) is 0. The molecule has 1 heterocycles. The normalized spacial score (nSPS) is 12.3. The van der Waals surface area contributed by atoms with Gasteiger partial charge in [-0.3, -0.25) is 0 Å². The molecule has 0 saturated heterocycles. The van der Waals surface area contributed by atoms with Crippen molar-refractivity contribution in [2.24, 2.45) is 11.1 Å².